The molecule has 0 bridgehead atoms. The Bertz CT molecular complexity index is 925. The van der Waals surface area contributed by atoms with Crippen LogP contribution in [0.5, 0.6) is 0 Å². The van der Waals surface area contributed by atoms with Gasteiger partial charge in [0.1, 0.15) is 5.60 Å². The van der Waals surface area contributed by atoms with Crippen molar-refractivity contribution in [2.45, 2.75) is 51.6 Å². The molecule has 156 valence electrons. The Morgan fingerprint density at radius 3 is 2.69 bits per heavy atom. The van der Waals surface area contributed by atoms with E-state index in [1.165, 1.54) is 0 Å². The van der Waals surface area contributed by atoms with E-state index in [0.717, 1.165) is 28.2 Å². The molecule has 0 saturated carbocycles. The van der Waals surface area contributed by atoms with Gasteiger partial charge in [0.15, 0.2) is 11.6 Å². The first-order chi connectivity index (χ1) is 13.4. The Labute approximate surface area is 167 Å². The molecule has 4 heterocycles. The standard InChI is InChI=1S/C20H24F2N4O3/c1-17(2)4-12-14(13(27)5-17)20(11-6-23-25-15(11)24-12)7-19(29-10-20)8-26(9-19)16(28)18(3,21)22/h24H,4-10H2,1-3H3/t20-/m1/s1. The van der Waals surface area contributed by atoms with Crippen LogP contribution in [0.2, 0.25) is 0 Å². The van der Waals surface area contributed by atoms with E-state index < -0.39 is 22.8 Å². The summed E-state index contributed by atoms with van der Waals surface area (Å²) in [6.07, 6.45) is 1.66. The van der Waals surface area contributed by atoms with Gasteiger partial charge < -0.3 is 15.0 Å². The van der Waals surface area contributed by atoms with Crippen LogP contribution in [0.1, 0.15) is 40.0 Å². The van der Waals surface area contributed by atoms with E-state index in [2.05, 4.69) is 29.4 Å². The molecule has 2 saturated heterocycles. The lowest BCUT2D eigenvalue weighted by Crippen LogP contribution is -2.65. The van der Waals surface area contributed by atoms with Crippen molar-refractivity contribution in [2.24, 2.45) is 21.1 Å². The zero-order valence-corrected chi connectivity index (χ0v) is 16.8. The molecule has 7 nitrogen and oxygen atoms in total. The van der Waals surface area contributed by atoms with Gasteiger partial charge >= 0.3 is 5.92 Å². The number of Topliss-reactive ketones (excluding diaryl/α,β-unsaturated/α-hetero) is 1. The molecule has 1 amide bonds. The van der Waals surface area contributed by atoms with E-state index in [4.69, 9.17) is 4.74 Å². The first kappa shape index (κ1) is 18.8. The predicted octanol–water partition coefficient (Wildman–Crippen LogP) is 2.55. The summed E-state index contributed by atoms with van der Waals surface area (Å²) in [5.74, 6) is -3.80. The Hall–Kier alpha value is -2.16. The summed E-state index contributed by atoms with van der Waals surface area (Å²) in [7, 11) is 0. The van der Waals surface area contributed by atoms with Gasteiger partial charge in [-0.2, -0.15) is 13.9 Å². The lowest BCUT2D eigenvalue weighted by Gasteiger charge is -2.49. The number of rotatable bonds is 1. The largest absolute Gasteiger partial charge is 0.370 e. The van der Waals surface area contributed by atoms with Crippen molar-refractivity contribution in [2.75, 3.05) is 26.2 Å². The van der Waals surface area contributed by atoms with Gasteiger partial charge in [0.05, 0.1) is 31.7 Å². The fourth-order valence-electron chi connectivity index (χ4n) is 5.62. The highest BCUT2D eigenvalue weighted by atomic mass is 19.3. The zero-order valence-electron chi connectivity index (χ0n) is 16.8. The van der Waals surface area contributed by atoms with Gasteiger partial charge in [0, 0.05) is 30.2 Å². The number of nitrogens with one attached hydrogen (secondary N) is 1. The van der Waals surface area contributed by atoms with Crippen molar-refractivity contribution in [1.29, 1.82) is 0 Å². The monoisotopic (exact) mass is 406 g/mol. The fraction of sp³-hybridized carbons (Fsp3) is 0.700. The van der Waals surface area contributed by atoms with Gasteiger partial charge in [-0.05, 0) is 18.3 Å². The second-order valence-electron chi connectivity index (χ2n) is 9.93. The van der Waals surface area contributed by atoms with Crippen LogP contribution in [0, 0.1) is 10.8 Å². The van der Waals surface area contributed by atoms with Gasteiger partial charge in [-0.1, -0.05) is 13.8 Å². The van der Waals surface area contributed by atoms with Crippen molar-refractivity contribution < 1.29 is 23.1 Å². The average Bonchev–Trinajstić information content (AvgIpc) is 3.16. The van der Waals surface area contributed by atoms with Crippen molar-refractivity contribution >= 4 is 11.7 Å². The van der Waals surface area contributed by atoms with E-state index in [-0.39, 0.29) is 30.9 Å². The molecule has 0 unspecified atom stereocenters. The fourth-order valence-corrected chi connectivity index (χ4v) is 5.62. The van der Waals surface area contributed by atoms with Crippen LogP contribution in [-0.4, -0.2) is 54.4 Å². The van der Waals surface area contributed by atoms with Crippen LogP contribution in [0.25, 0.3) is 0 Å². The zero-order chi connectivity index (χ0) is 20.8. The number of carbonyl (C=O) groups is 2. The Morgan fingerprint density at radius 2 is 2.00 bits per heavy atom. The van der Waals surface area contributed by atoms with Crippen LogP contribution in [0.3, 0.4) is 0 Å². The van der Waals surface area contributed by atoms with Crippen LogP contribution in [-0.2, 0) is 14.3 Å². The number of amides is 1. The highest BCUT2D eigenvalue weighted by Gasteiger charge is 2.63. The molecule has 5 rings (SSSR count). The number of allylic oxidation sites excluding steroid dienone is 1. The Kier molecular flexibility index (Phi) is 3.57. The third kappa shape index (κ3) is 2.62. The number of alkyl halides is 2. The molecule has 29 heavy (non-hydrogen) atoms. The number of ether oxygens (including phenoxy) is 1. The van der Waals surface area contributed by atoms with Crippen molar-refractivity contribution in [3.63, 3.8) is 0 Å². The molecule has 4 aliphatic heterocycles. The molecular weight excluding hydrogens is 382 g/mol. The topological polar surface area (TPSA) is 83.4 Å². The second-order valence-corrected chi connectivity index (χ2v) is 9.93. The first-order valence-electron chi connectivity index (χ1n) is 9.91. The van der Waals surface area contributed by atoms with E-state index in [1.807, 2.05) is 0 Å². The highest BCUT2D eigenvalue weighted by Crippen LogP contribution is 2.58. The molecule has 1 aliphatic carbocycles. The third-order valence-corrected chi connectivity index (χ3v) is 6.76. The number of dihydropyridines is 1. The summed E-state index contributed by atoms with van der Waals surface area (Å²) >= 11 is 0. The van der Waals surface area contributed by atoms with Gasteiger partial charge in [0.25, 0.3) is 5.91 Å². The summed E-state index contributed by atoms with van der Waals surface area (Å²) in [5, 5.41) is 11.7. The SMILES string of the molecule is CC1(C)CC(=O)C2=C(C1)NC1=C(CN=N1)[C@@]21COC2(CN(C(=O)C(C)(F)F)C2)C1. The number of azo groups is 1. The van der Waals surface area contributed by atoms with Crippen LogP contribution in [0.4, 0.5) is 8.78 Å². The minimum atomic E-state index is -3.40. The number of hydrogen-bond donors (Lipinski definition) is 1. The minimum absolute atomic E-state index is 0.0928. The molecule has 2 fully saturated rings. The predicted molar refractivity (Wildman–Crippen MR) is 97.9 cm³/mol. The molecule has 2 spiro atoms. The maximum atomic E-state index is 13.4. The molecule has 1 N–H and O–H groups in total. The number of carbonyl (C=O) groups excluding carboxylic acids is 2. The average molecular weight is 406 g/mol. The maximum absolute atomic E-state index is 13.4. The molecule has 0 radical (unpaired) electrons. The summed E-state index contributed by atoms with van der Waals surface area (Å²) in [6.45, 7) is 5.65. The number of halogens is 2. The second kappa shape index (κ2) is 5.50. The molecular formula is C20H24F2N4O3. The smallest absolute Gasteiger partial charge is 0.322 e. The molecule has 0 aromatic carbocycles. The number of fused-ring (bicyclic) bond motifs is 2. The molecule has 0 aromatic heterocycles. The Balaban J connectivity index is 1.48. The number of hydrogen-bond acceptors (Lipinski definition) is 6. The summed E-state index contributed by atoms with van der Waals surface area (Å²) in [6, 6.07) is 0. The van der Waals surface area contributed by atoms with Gasteiger partial charge in [0.2, 0.25) is 0 Å². The normalized spacial score (nSPS) is 31.9. The van der Waals surface area contributed by atoms with Crippen molar-refractivity contribution in [1.82, 2.24) is 10.2 Å². The Morgan fingerprint density at radius 1 is 1.28 bits per heavy atom. The third-order valence-electron chi connectivity index (χ3n) is 6.76. The van der Waals surface area contributed by atoms with E-state index in [0.29, 0.717) is 32.1 Å². The van der Waals surface area contributed by atoms with Crippen molar-refractivity contribution in [3.8, 4) is 0 Å². The maximum Gasteiger partial charge on any atom is 0.322 e. The number of nitrogens with zero attached hydrogens (tertiary/aromatic N) is 3. The van der Waals surface area contributed by atoms with Crippen LogP contribution >= 0.6 is 0 Å². The van der Waals surface area contributed by atoms with E-state index >= 15 is 0 Å². The summed E-state index contributed by atoms with van der Waals surface area (Å²) < 4.78 is 33.0. The molecule has 9 heteroatoms. The minimum Gasteiger partial charge on any atom is -0.370 e. The molecule has 0 aromatic rings. The number of ketones is 1. The van der Waals surface area contributed by atoms with Crippen LogP contribution < -0.4 is 5.32 Å². The quantitative estimate of drug-likeness (QED) is 0.726. The van der Waals surface area contributed by atoms with E-state index in [1.54, 1.807) is 0 Å². The lowest BCUT2D eigenvalue weighted by molar-refractivity contribution is -0.178. The van der Waals surface area contributed by atoms with Gasteiger partial charge in [-0.15, -0.1) is 5.11 Å². The van der Waals surface area contributed by atoms with E-state index in [9.17, 15) is 18.4 Å². The van der Waals surface area contributed by atoms with Gasteiger partial charge in [-0.3, -0.25) is 9.59 Å². The van der Waals surface area contributed by atoms with Gasteiger partial charge in [-0.25, -0.2) is 0 Å². The number of likely N-dealkylation sites (tertiary alicyclic amines) is 1. The summed E-state index contributed by atoms with van der Waals surface area (Å²) in [4.78, 5) is 26.2. The molecule has 5 aliphatic rings. The van der Waals surface area contributed by atoms with Crippen LogP contribution in [0.15, 0.2) is 32.9 Å². The highest BCUT2D eigenvalue weighted by molar-refractivity contribution is 6.00. The first-order valence-corrected chi connectivity index (χ1v) is 9.91. The molecule has 1 atom stereocenters. The lowest BCUT2D eigenvalue weighted by atomic mass is 9.61. The summed E-state index contributed by atoms with van der Waals surface area (Å²) in [5.41, 5.74) is 1.05. The van der Waals surface area contributed by atoms with Crippen molar-refractivity contribution in [3.05, 3.63) is 22.7 Å².